The highest BCUT2D eigenvalue weighted by molar-refractivity contribution is 5.89. The van der Waals surface area contributed by atoms with Crippen LogP contribution in [0.3, 0.4) is 0 Å². The Morgan fingerprint density at radius 3 is 2.29 bits per heavy atom. The summed E-state index contributed by atoms with van der Waals surface area (Å²) in [7, 11) is 0. The van der Waals surface area contributed by atoms with Crippen molar-refractivity contribution in [3.05, 3.63) is 83.2 Å². The van der Waals surface area contributed by atoms with Gasteiger partial charge in [0, 0.05) is 0 Å². The van der Waals surface area contributed by atoms with E-state index in [0.29, 0.717) is 5.92 Å². The van der Waals surface area contributed by atoms with Crippen molar-refractivity contribution in [3.8, 4) is 0 Å². The van der Waals surface area contributed by atoms with E-state index in [9.17, 15) is 4.39 Å². The molecule has 0 aromatic heterocycles. The molecule has 0 bridgehead atoms. The third kappa shape index (κ3) is 3.07. The van der Waals surface area contributed by atoms with Crippen LogP contribution in [0.25, 0.3) is 10.8 Å². The van der Waals surface area contributed by atoms with Gasteiger partial charge >= 0.3 is 0 Å². The van der Waals surface area contributed by atoms with Gasteiger partial charge in [0.1, 0.15) is 5.82 Å². The van der Waals surface area contributed by atoms with Crippen molar-refractivity contribution in [1.29, 1.82) is 0 Å². The number of benzene rings is 3. The number of halogens is 1. The van der Waals surface area contributed by atoms with Crippen molar-refractivity contribution < 1.29 is 4.39 Å². The fourth-order valence-electron chi connectivity index (χ4n) is 3.85. The van der Waals surface area contributed by atoms with Gasteiger partial charge in [0.15, 0.2) is 0 Å². The van der Waals surface area contributed by atoms with Gasteiger partial charge < -0.3 is 5.32 Å². The Kier molecular flexibility index (Phi) is 4.31. The highest BCUT2D eigenvalue weighted by Crippen LogP contribution is 2.33. The molecule has 122 valence electrons. The van der Waals surface area contributed by atoms with Crippen LogP contribution in [0.1, 0.15) is 35.4 Å². The largest absolute Gasteiger partial charge is 0.317 e. The van der Waals surface area contributed by atoms with Crippen LogP contribution >= 0.6 is 0 Å². The molecule has 1 heterocycles. The van der Waals surface area contributed by atoms with Crippen molar-refractivity contribution in [1.82, 2.24) is 5.32 Å². The first-order valence-corrected chi connectivity index (χ1v) is 8.77. The summed E-state index contributed by atoms with van der Waals surface area (Å²) in [4.78, 5) is 0. The molecule has 3 aromatic rings. The molecule has 1 nitrogen and oxygen atoms in total. The number of hydrogen-bond donors (Lipinski definition) is 1. The van der Waals surface area contributed by atoms with E-state index < -0.39 is 0 Å². The third-order valence-corrected chi connectivity index (χ3v) is 5.13. The van der Waals surface area contributed by atoms with Crippen LogP contribution in [0.5, 0.6) is 0 Å². The van der Waals surface area contributed by atoms with Crippen molar-refractivity contribution in [2.24, 2.45) is 0 Å². The lowest BCUT2D eigenvalue weighted by Gasteiger charge is -2.25. The second-order valence-electron chi connectivity index (χ2n) is 6.69. The van der Waals surface area contributed by atoms with E-state index in [1.165, 1.54) is 34.7 Å². The van der Waals surface area contributed by atoms with Gasteiger partial charge in [-0.2, -0.15) is 0 Å². The molecule has 0 aliphatic carbocycles. The first kappa shape index (κ1) is 15.3. The Balaban J connectivity index is 1.73. The second-order valence-corrected chi connectivity index (χ2v) is 6.69. The van der Waals surface area contributed by atoms with Gasteiger partial charge in [0.25, 0.3) is 0 Å². The predicted octanol–water partition coefficient (Wildman–Crippen LogP) is 5.04. The summed E-state index contributed by atoms with van der Waals surface area (Å²) in [5.74, 6) is 0.473. The number of fused-ring (bicyclic) bond motifs is 1. The SMILES string of the molecule is Fc1ccc(Cc2ccc(C3CCNCC3)c3ccccc23)cc1. The van der Waals surface area contributed by atoms with Crippen molar-refractivity contribution >= 4 is 10.8 Å². The quantitative estimate of drug-likeness (QED) is 0.713. The average molecular weight is 319 g/mol. The molecule has 0 unspecified atom stereocenters. The van der Waals surface area contributed by atoms with E-state index in [1.54, 1.807) is 12.1 Å². The van der Waals surface area contributed by atoms with E-state index in [-0.39, 0.29) is 5.82 Å². The Morgan fingerprint density at radius 1 is 0.833 bits per heavy atom. The topological polar surface area (TPSA) is 12.0 Å². The highest BCUT2D eigenvalue weighted by atomic mass is 19.1. The first-order valence-electron chi connectivity index (χ1n) is 8.77. The highest BCUT2D eigenvalue weighted by Gasteiger charge is 2.18. The van der Waals surface area contributed by atoms with Gasteiger partial charge in [-0.1, -0.05) is 48.5 Å². The molecule has 0 radical (unpaired) electrons. The van der Waals surface area contributed by atoms with Crippen molar-refractivity contribution in [2.75, 3.05) is 13.1 Å². The molecule has 2 heteroatoms. The fraction of sp³-hybridized carbons (Fsp3) is 0.273. The third-order valence-electron chi connectivity index (χ3n) is 5.13. The molecule has 1 fully saturated rings. The lowest BCUT2D eigenvalue weighted by molar-refractivity contribution is 0.462. The average Bonchev–Trinajstić information content (AvgIpc) is 2.64. The molecular formula is C22H22FN. The lowest BCUT2D eigenvalue weighted by atomic mass is 9.85. The maximum atomic E-state index is 13.1. The van der Waals surface area contributed by atoms with Crippen LogP contribution in [0.2, 0.25) is 0 Å². The fourth-order valence-corrected chi connectivity index (χ4v) is 3.85. The summed E-state index contributed by atoms with van der Waals surface area (Å²) >= 11 is 0. The van der Waals surface area contributed by atoms with Gasteiger partial charge in [-0.15, -0.1) is 0 Å². The molecule has 1 aliphatic heterocycles. The van der Waals surface area contributed by atoms with Gasteiger partial charge in [-0.3, -0.25) is 0 Å². The Hall–Kier alpha value is -2.19. The molecule has 24 heavy (non-hydrogen) atoms. The molecule has 0 amide bonds. The number of nitrogens with one attached hydrogen (secondary N) is 1. The van der Waals surface area contributed by atoms with Crippen LogP contribution in [0.15, 0.2) is 60.7 Å². The lowest BCUT2D eigenvalue weighted by Crippen LogP contribution is -2.26. The van der Waals surface area contributed by atoms with Gasteiger partial charge in [-0.05, 0) is 77.9 Å². The molecule has 1 N–H and O–H groups in total. The summed E-state index contributed by atoms with van der Waals surface area (Å²) < 4.78 is 13.1. The minimum Gasteiger partial charge on any atom is -0.317 e. The van der Waals surface area contributed by atoms with Gasteiger partial charge in [0.2, 0.25) is 0 Å². The smallest absolute Gasteiger partial charge is 0.123 e. The number of rotatable bonds is 3. The van der Waals surface area contributed by atoms with Crippen LogP contribution in [0.4, 0.5) is 4.39 Å². The summed E-state index contributed by atoms with van der Waals surface area (Å²) in [6.07, 6.45) is 3.26. The number of hydrogen-bond acceptors (Lipinski definition) is 1. The van der Waals surface area contributed by atoms with Crippen molar-refractivity contribution in [3.63, 3.8) is 0 Å². The van der Waals surface area contributed by atoms with Crippen LogP contribution < -0.4 is 5.32 Å². The molecule has 0 atom stereocenters. The maximum Gasteiger partial charge on any atom is 0.123 e. The summed E-state index contributed by atoms with van der Waals surface area (Å²) in [5, 5.41) is 6.16. The first-order chi connectivity index (χ1) is 11.8. The van der Waals surface area contributed by atoms with E-state index in [1.807, 2.05) is 12.1 Å². The molecular weight excluding hydrogens is 297 g/mol. The standard InChI is InChI=1S/C22H22FN/c23-19-8-5-16(6-9-19)15-18-7-10-21(17-11-13-24-14-12-17)22-4-2-1-3-20(18)22/h1-10,17,24H,11-15H2. The zero-order chi connectivity index (χ0) is 16.4. The van der Waals surface area contributed by atoms with Gasteiger partial charge in [-0.25, -0.2) is 4.39 Å². The van der Waals surface area contributed by atoms with Crippen molar-refractivity contribution in [2.45, 2.75) is 25.2 Å². The molecule has 3 aromatic carbocycles. The van der Waals surface area contributed by atoms with E-state index >= 15 is 0 Å². The van der Waals surface area contributed by atoms with Gasteiger partial charge in [0.05, 0.1) is 0 Å². The monoisotopic (exact) mass is 319 g/mol. The predicted molar refractivity (Wildman–Crippen MR) is 98.0 cm³/mol. The minimum absolute atomic E-state index is 0.176. The molecule has 4 rings (SSSR count). The zero-order valence-corrected chi connectivity index (χ0v) is 13.8. The second kappa shape index (κ2) is 6.74. The zero-order valence-electron chi connectivity index (χ0n) is 13.8. The molecule has 0 saturated carbocycles. The van der Waals surface area contributed by atoms with E-state index in [0.717, 1.165) is 25.1 Å². The van der Waals surface area contributed by atoms with E-state index in [4.69, 9.17) is 0 Å². The summed E-state index contributed by atoms with van der Waals surface area (Å²) in [5.41, 5.74) is 3.95. The molecule has 0 spiro atoms. The van der Waals surface area contributed by atoms with Crippen LogP contribution in [-0.4, -0.2) is 13.1 Å². The molecule has 1 aliphatic rings. The van der Waals surface area contributed by atoms with E-state index in [2.05, 4.69) is 41.7 Å². The normalized spacial score (nSPS) is 15.7. The minimum atomic E-state index is -0.176. The number of piperidine rings is 1. The maximum absolute atomic E-state index is 13.1. The Morgan fingerprint density at radius 2 is 1.54 bits per heavy atom. The van der Waals surface area contributed by atoms with Crippen LogP contribution in [0, 0.1) is 5.82 Å². The Bertz CT molecular complexity index is 832. The summed E-state index contributed by atoms with van der Waals surface area (Å²) in [6.45, 7) is 2.21. The Labute approximate surface area is 142 Å². The van der Waals surface area contributed by atoms with Crippen LogP contribution in [-0.2, 0) is 6.42 Å². The molecule has 1 saturated heterocycles. The summed E-state index contributed by atoms with van der Waals surface area (Å²) in [6, 6.07) is 20.1.